The molecule has 3 atom stereocenters. The molecule has 3 nitrogen and oxygen atoms in total. The molecule has 0 amide bonds. The van der Waals surface area contributed by atoms with Gasteiger partial charge in [0.05, 0.1) is 6.04 Å². The van der Waals surface area contributed by atoms with Crippen molar-refractivity contribution in [2.24, 2.45) is 0 Å². The fourth-order valence-electron chi connectivity index (χ4n) is 3.47. The molecule has 2 fully saturated rings. The van der Waals surface area contributed by atoms with Crippen LogP contribution in [0, 0.1) is 0 Å². The van der Waals surface area contributed by atoms with E-state index in [1.165, 1.54) is 12.8 Å². The van der Waals surface area contributed by atoms with Crippen molar-refractivity contribution in [3.8, 4) is 0 Å². The third kappa shape index (κ3) is 1.85. The highest BCUT2D eigenvalue weighted by Gasteiger charge is 2.54. The highest BCUT2D eigenvalue weighted by molar-refractivity contribution is 14.1. The second kappa shape index (κ2) is 4.39. The molecule has 3 aliphatic heterocycles. The van der Waals surface area contributed by atoms with Crippen molar-refractivity contribution >= 4 is 28.6 Å². The van der Waals surface area contributed by atoms with Crippen LogP contribution in [0.3, 0.4) is 0 Å². The van der Waals surface area contributed by atoms with Crippen LogP contribution in [0.5, 0.6) is 0 Å². The number of nitrogens with zero attached hydrogens (tertiary/aromatic N) is 1. The molecule has 0 unspecified atom stereocenters. The number of rotatable bonds is 1. The van der Waals surface area contributed by atoms with E-state index in [0.29, 0.717) is 12.1 Å². The first-order valence-corrected chi connectivity index (χ1v) is 7.44. The molecule has 0 aromatic heterocycles. The number of hydrogen-bond donors (Lipinski definition) is 0. The lowest BCUT2D eigenvalue weighted by Crippen LogP contribution is -2.47. The van der Waals surface area contributed by atoms with Gasteiger partial charge in [-0.05, 0) is 29.5 Å². The summed E-state index contributed by atoms with van der Waals surface area (Å²) in [6, 6.07) is 0.810. The normalized spacial score (nSPS) is 41.4. The lowest BCUT2D eigenvalue weighted by atomic mass is 9.89. The molecule has 0 aromatic rings. The molecule has 0 bridgehead atoms. The number of hydrogen-bond acceptors (Lipinski definition) is 3. The van der Waals surface area contributed by atoms with Gasteiger partial charge in [0.15, 0.2) is 0 Å². The Balaban J connectivity index is 1.91. The summed E-state index contributed by atoms with van der Waals surface area (Å²) >= 11 is 2.26. The fraction of sp³-hybridized carbons (Fsp3) is 0.615. The second-order valence-corrected chi connectivity index (χ2v) is 5.77. The monoisotopic (exact) mass is 345 g/mol. The maximum absolute atomic E-state index is 11.4. The molecule has 4 heteroatoms. The van der Waals surface area contributed by atoms with E-state index in [2.05, 4.69) is 37.6 Å². The minimum absolute atomic E-state index is 0.172. The number of ether oxygens (including phenoxy) is 1. The molecule has 3 rings (SSSR count). The van der Waals surface area contributed by atoms with E-state index in [1.54, 1.807) is 6.08 Å². The molecule has 92 valence electrons. The molecule has 2 saturated heterocycles. The maximum Gasteiger partial charge on any atom is 0.331 e. The Morgan fingerprint density at radius 2 is 2.41 bits per heavy atom. The van der Waals surface area contributed by atoms with Crippen molar-refractivity contribution in [3.05, 3.63) is 22.3 Å². The van der Waals surface area contributed by atoms with Gasteiger partial charge in [-0.2, -0.15) is 0 Å². The number of carbonyl (C=O) groups excluding carboxylic acids is 1. The first-order valence-electron chi connectivity index (χ1n) is 6.20. The van der Waals surface area contributed by atoms with Crippen molar-refractivity contribution in [3.63, 3.8) is 0 Å². The van der Waals surface area contributed by atoms with Gasteiger partial charge in [0, 0.05) is 18.5 Å². The average Bonchev–Trinajstić information content (AvgIpc) is 2.84. The molecule has 3 heterocycles. The van der Waals surface area contributed by atoms with Crippen LogP contribution in [0.25, 0.3) is 0 Å². The van der Waals surface area contributed by atoms with E-state index in [-0.39, 0.29) is 11.6 Å². The van der Waals surface area contributed by atoms with E-state index in [9.17, 15) is 4.79 Å². The standard InChI is InChI=1S/C13H16INO2/c14-7-5-10-9-13(6-4-12(16)17-13)11-3-1-2-8-15(10)11/h4-7,10-11H,1-3,8-9H2/b7-5-/t10-,11-,13-/m1/s1. The largest absolute Gasteiger partial charge is 0.450 e. The van der Waals surface area contributed by atoms with Crippen LogP contribution in [0.15, 0.2) is 22.3 Å². The van der Waals surface area contributed by atoms with Crippen LogP contribution in [-0.4, -0.2) is 35.1 Å². The third-order valence-electron chi connectivity index (χ3n) is 4.15. The maximum atomic E-state index is 11.4. The summed E-state index contributed by atoms with van der Waals surface area (Å²) < 4.78 is 7.70. The van der Waals surface area contributed by atoms with Crippen molar-refractivity contribution < 1.29 is 9.53 Å². The summed E-state index contributed by atoms with van der Waals surface area (Å²) in [7, 11) is 0. The molecule has 0 aliphatic carbocycles. The first-order chi connectivity index (χ1) is 8.25. The zero-order valence-corrected chi connectivity index (χ0v) is 11.8. The predicted octanol–water partition coefficient (Wildman–Crippen LogP) is 2.41. The smallest absolute Gasteiger partial charge is 0.331 e. The summed E-state index contributed by atoms with van der Waals surface area (Å²) in [4.78, 5) is 13.9. The molecule has 3 aliphatic rings. The summed E-state index contributed by atoms with van der Waals surface area (Å²) in [6.07, 6.45) is 10.4. The molecular weight excluding hydrogens is 329 g/mol. The fourth-order valence-corrected chi connectivity index (χ4v) is 3.95. The van der Waals surface area contributed by atoms with Crippen LogP contribution >= 0.6 is 22.6 Å². The molecule has 0 radical (unpaired) electrons. The van der Waals surface area contributed by atoms with E-state index in [0.717, 1.165) is 19.4 Å². The van der Waals surface area contributed by atoms with Gasteiger partial charge >= 0.3 is 5.97 Å². The Morgan fingerprint density at radius 1 is 1.53 bits per heavy atom. The van der Waals surface area contributed by atoms with Gasteiger partial charge in [0.2, 0.25) is 0 Å². The first kappa shape index (κ1) is 11.7. The molecule has 0 aromatic carbocycles. The number of piperidine rings is 1. The van der Waals surface area contributed by atoms with Crippen molar-refractivity contribution in [1.29, 1.82) is 0 Å². The highest BCUT2D eigenvalue weighted by Crippen LogP contribution is 2.44. The van der Waals surface area contributed by atoms with Gasteiger partial charge in [-0.25, -0.2) is 4.79 Å². The van der Waals surface area contributed by atoms with Crippen LogP contribution in [0.4, 0.5) is 0 Å². The Morgan fingerprint density at radius 3 is 3.12 bits per heavy atom. The van der Waals surface area contributed by atoms with Gasteiger partial charge in [-0.3, -0.25) is 4.90 Å². The van der Waals surface area contributed by atoms with Gasteiger partial charge in [0.1, 0.15) is 5.60 Å². The minimum atomic E-state index is -0.335. The number of carbonyl (C=O) groups is 1. The zero-order valence-electron chi connectivity index (χ0n) is 9.64. The average molecular weight is 345 g/mol. The summed E-state index contributed by atoms with van der Waals surface area (Å²) in [5, 5.41) is 0. The zero-order chi connectivity index (χ0) is 11.9. The number of halogens is 1. The molecule has 0 N–H and O–H groups in total. The van der Waals surface area contributed by atoms with Gasteiger partial charge < -0.3 is 4.74 Å². The summed E-state index contributed by atoms with van der Waals surface area (Å²) in [5.41, 5.74) is -0.335. The van der Waals surface area contributed by atoms with Gasteiger partial charge in [-0.1, -0.05) is 35.1 Å². The molecule has 0 saturated carbocycles. The predicted molar refractivity (Wildman–Crippen MR) is 73.9 cm³/mol. The molecule has 1 spiro atoms. The Kier molecular flexibility index (Phi) is 3.02. The second-order valence-electron chi connectivity index (χ2n) is 5.05. The van der Waals surface area contributed by atoms with Gasteiger partial charge in [-0.15, -0.1) is 0 Å². The van der Waals surface area contributed by atoms with Crippen molar-refractivity contribution in [1.82, 2.24) is 4.90 Å². The Bertz CT molecular complexity index is 393. The number of esters is 1. The Labute approximate surface area is 115 Å². The van der Waals surface area contributed by atoms with Crippen LogP contribution in [0.2, 0.25) is 0 Å². The van der Waals surface area contributed by atoms with E-state index in [1.807, 2.05) is 6.08 Å². The topological polar surface area (TPSA) is 29.5 Å². The van der Waals surface area contributed by atoms with Crippen LogP contribution < -0.4 is 0 Å². The van der Waals surface area contributed by atoms with E-state index in [4.69, 9.17) is 4.74 Å². The lowest BCUT2D eigenvalue weighted by Gasteiger charge is -2.37. The summed E-state index contributed by atoms with van der Waals surface area (Å²) in [6.45, 7) is 1.13. The van der Waals surface area contributed by atoms with Crippen molar-refractivity contribution in [2.75, 3.05) is 6.54 Å². The van der Waals surface area contributed by atoms with Crippen molar-refractivity contribution in [2.45, 2.75) is 43.4 Å². The SMILES string of the molecule is O=C1C=C[C@]2(C[C@@H](/C=C\I)N3CCCC[C@@H]32)O1. The lowest BCUT2D eigenvalue weighted by molar-refractivity contribution is -0.147. The van der Waals surface area contributed by atoms with Gasteiger partial charge in [0.25, 0.3) is 0 Å². The third-order valence-corrected chi connectivity index (χ3v) is 4.56. The quantitative estimate of drug-likeness (QED) is 0.540. The highest BCUT2D eigenvalue weighted by atomic mass is 127. The summed E-state index contributed by atoms with van der Waals surface area (Å²) in [5.74, 6) is -0.172. The minimum Gasteiger partial charge on any atom is -0.450 e. The number of fused-ring (bicyclic) bond motifs is 2. The van der Waals surface area contributed by atoms with Crippen LogP contribution in [0.1, 0.15) is 25.7 Å². The Hall–Kier alpha value is -0.360. The van der Waals surface area contributed by atoms with E-state index >= 15 is 0 Å². The molecule has 17 heavy (non-hydrogen) atoms. The van der Waals surface area contributed by atoms with Crippen LogP contribution in [-0.2, 0) is 9.53 Å². The van der Waals surface area contributed by atoms with E-state index < -0.39 is 0 Å². The molecular formula is C13H16INO2.